The molecular weight excluding hydrogens is 281 g/mol. The number of hydrogen-bond donors (Lipinski definition) is 0. The van der Waals surface area contributed by atoms with Crippen molar-refractivity contribution < 1.29 is 9.59 Å². The van der Waals surface area contributed by atoms with Crippen LogP contribution in [0.1, 0.15) is 0 Å². The van der Waals surface area contributed by atoms with Crippen molar-refractivity contribution >= 4 is 36.6 Å². The molecule has 2 aliphatic heterocycles. The number of amides is 2. The van der Waals surface area contributed by atoms with Gasteiger partial charge in [-0.25, -0.2) is 4.90 Å². The molecule has 0 bridgehead atoms. The molecular formula is C9H6INO2. The summed E-state index contributed by atoms with van der Waals surface area (Å²) in [4.78, 5) is 23.7. The lowest BCUT2D eigenvalue weighted by molar-refractivity contribution is -0.134. The predicted octanol–water partition coefficient (Wildman–Crippen LogP) is 1.10. The molecule has 0 aromatic rings. The maximum Gasteiger partial charge on any atom is 0.258 e. The Hall–Kier alpha value is -1.04. The molecule has 0 radical (unpaired) electrons. The standard InChI is InChI=1S/C9H6INO2/c12-8-3-4-9(13)11(8)7-2-1-5-10-6-7/h1-6H. The van der Waals surface area contributed by atoms with Gasteiger partial charge in [-0.05, 0) is 14.2 Å². The van der Waals surface area contributed by atoms with E-state index in [9.17, 15) is 9.59 Å². The minimum absolute atomic E-state index is 0.130. The Labute approximate surface area is 85.2 Å². The molecule has 0 spiro atoms. The number of carbonyl (C=O) groups excluding carboxylic acids is 2. The van der Waals surface area contributed by atoms with E-state index in [2.05, 4.69) is 4.01 Å². The number of halogens is 1. The monoisotopic (exact) mass is 287 g/mol. The molecule has 2 amide bonds. The summed E-state index contributed by atoms with van der Waals surface area (Å²) in [6.07, 6.45) is 6.27. The Bertz CT molecular complexity index is 372. The number of allylic oxidation sites excluding steroid dienone is 2. The highest BCUT2D eigenvalue weighted by Gasteiger charge is 2.25. The molecule has 0 saturated heterocycles. The first-order chi connectivity index (χ1) is 6.29. The van der Waals surface area contributed by atoms with Gasteiger partial charge in [0.2, 0.25) is 0 Å². The van der Waals surface area contributed by atoms with Gasteiger partial charge >= 0.3 is 0 Å². The van der Waals surface area contributed by atoms with Crippen LogP contribution in [0.2, 0.25) is 0 Å². The number of hydrogen-bond acceptors (Lipinski definition) is 2. The molecule has 2 aliphatic rings. The van der Waals surface area contributed by atoms with E-state index in [1.165, 1.54) is 17.1 Å². The third-order valence-electron chi connectivity index (χ3n) is 1.65. The van der Waals surface area contributed by atoms with Crippen LogP contribution < -0.4 is 0 Å². The van der Waals surface area contributed by atoms with E-state index in [1.807, 2.05) is 10.2 Å². The van der Waals surface area contributed by atoms with Gasteiger partial charge in [-0.3, -0.25) is 9.59 Å². The Kier molecular flexibility index (Phi) is 2.22. The Balaban J connectivity index is 2.32. The molecule has 0 fully saturated rings. The van der Waals surface area contributed by atoms with Gasteiger partial charge in [-0.2, -0.15) is 0 Å². The third kappa shape index (κ3) is 1.53. The van der Waals surface area contributed by atoms with E-state index < -0.39 is 0 Å². The van der Waals surface area contributed by atoms with Gasteiger partial charge in [0.1, 0.15) is 0 Å². The predicted molar refractivity (Wildman–Crippen MR) is 58.3 cm³/mol. The molecule has 0 aromatic heterocycles. The fourth-order valence-electron chi connectivity index (χ4n) is 1.09. The summed E-state index contributed by atoms with van der Waals surface area (Å²) in [5, 5.41) is 0. The second-order valence-corrected chi connectivity index (χ2v) is 4.55. The van der Waals surface area contributed by atoms with E-state index in [1.54, 1.807) is 6.08 Å². The van der Waals surface area contributed by atoms with E-state index >= 15 is 0 Å². The van der Waals surface area contributed by atoms with Crippen LogP contribution in [0.5, 0.6) is 0 Å². The fraction of sp³-hybridized carbons (Fsp3) is 0. The van der Waals surface area contributed by atoms with Gasteiger partial charge < -0.3 is 0 Å². The van der Waals surface area contributed by atoms with Gasteiger partial charge in [-0.15, -0.1) is 0 Å². The Morgan fingerprint density at radius 3 is 2.31 bits per heavy atom. The highest BCUT2D eigenvalue weighted by Crippen LogP contribution is 2.19. The molecule has 0 atom stereocenters. The second-order valence-electron chi connectivity index (χ2n) is 2.49. The van der Waals surface area contributed by atoms with Gasteiger partial charge in [0.05, 0.1) is 5.70 Å². The average molecular weight is 287 g/mol. The molecule has 0 aliphatic carbocycles. The second kappa shape index (κ2) is 3.37. The van der Waals surface area contributed by atoms with Crippen molar-refractivity contribution in [3.63, 3.8) is 0 Å². The van der Waals surface area contributed by atoms with Gasteiger partial charge in [0.25, 0.3) is 11.8 Å². The van der Waals surface area contributed by atoms with Crippen LogP contribution >= 0.6 is 20.7 Å². The van der Waals surface area contributed by atoms with Crippen molar-refractivity contribution in [2.75, 3.05) is 0 Å². The summed E-state index contributed by atoms with van der Waals surface area (Å²) >= 11 is -0.130. The van der Waals surface area contributed by atoms with Crippen LogP contribution in [0.3, 0.4) is 0 Å². The lowest BCUT2D eigenvalue weighted by atomic mass is 10.3. The fourth-order valence-corrected chi connectivity index (χ4v) is 2.60. The number of nitrogens with zero attached hydrogens (tertiary/aromatic N) is 1. The molecule has 0 saturated carbocycles. The van der Waals surface area contributed by atoms with Crippen molar-refractivity contribution in [2.45, 2.75) is 0 Å². The lowest BCUT2D eigenvalue weighted by Crippen LogP contribution is -2.28. The van der Waals surface area contributed by atoms with Crippen molar-refractivity contribution in [2.24, 2.45) is 0 Å². The molecule has 2 rings (SSSR count). The maximum atomic E-state index is 11.2. The summed E-state index contributed by atoms with van der Waals surface area (Å²) in [5.74, 6) is -0.487. The zero-order chi connectivity index (χ0) is 9.26. The van der Waals surface area contributed by atoms with Crippen LogP contribution in [0.25, 0.3) is 0 Å². The SMILES string of the molecule is O=C1C=CC(=O)N1C1=CI=CC=C1. The summed E-state index contributed by atoms with van der Waals surface area (Å²) < 4.78 is 4.03. The average Bonchev–Trinajstić information content (AvgIpc) is 2.48. The largest absolute Gasteiger partial charge is 0.269 e. The van der Waals surface area contributed by atoms with Crippen molar-refractivity contribution in [1.82, 2.24) is 4.90 Å². The first kappa shape index (κ1) is 8.55. The topological polar surface area (TPSA) is 37.4 Å². The minimum atomic E-state index is -0.244. The highest BCUT2D eigenvalue weighted by atomic mass is 127. The molecule has 0 aromatic carbocycles. The molecule has 13 heavy (non-hydrogen) atoms. The zero-order valence-electron chi connectivity index (χ0n) is 6.61. The van der Waals surface area contributed by atoms with E-state index in [0.29, 0.717) is 0 Å². The zero-order valence-corrected chi connectivity index (χ0v) is 8.76. The van der Waals surface area contributed by atoms with E-state index in [0.717, 1.165) is 5.70 Å². The van der Waals surface area contributed by atoms with Gasteiger partial charge in [0.15, 0.2) is 0 Å². The molecule has 66 valence electrons. The number of carbonyl (C=O) groups is 2. The number of rotatable bonds is 1. The number of imide groups is 1. The molecule has 0 unspecified atom stereocenters. The molecule has 3 nitrogen and oxygen atoms in total. The molecule has 2 heterocycles. The lowest BCUT2D eigenvalue weighted by Gasteiger charge is -2.14. The quantitative estimate of drug-likeness (QED) is 0.535. The molecule has 4 heteroatoms. The van der Waals surface area contributed by atoms with E-state index in [-0.39, 0.29) is 32.5 Å². The molecule has 0 N–H and O–H groups in total. The summed E-state index contributed by atoms with van der Waals surface area (Å²) in [7, 11) is 0. The van der Waals surface area contributed by atoms with Crippen LogP contribution in [-0.2, 0) is 9.59 Å². The summed E-state index contributed by atoms with van der Waals surface area (Å²) in [6, 6.07) is 0. The first-order valence-corrected chi connectivity index (χ1v) is 6.16. The Morgan fingerprint density at radius 2 is 1.77 bits per heavy atom. The highest BCUT2D eigenvalue weighted by molar-refractivity contribution is 14.2. The smallest absolute Gasteiger partial charge is 0.258 e. The van der Waals surface area contributed by atoms with Crippen LogP contribution in [0, 0.1) is 0 Å². The maximum absolute atomic E-state index is 11.2. The van der Waals surface area contributed by atoms with Crippen molar-refractivity contribution in [3.8, 4) is 0 Å². The van der Waals surface area contributed by atoms with Gasteiger partial charge in [0, 0.05) is 12.2 Å². The third-order valence-corrected chi connectivity index (χ3v) is 3.48. The van der Waals surface area contributed by atoms with Crippen LogP contribution in [-0.4, -0.2) is 20.7 Å². The minimum Gasteiger partial charge on any atom is -0.269 e. The summed E-state index contributed by atoms with van der Waals surface area (Å²) in [5.41, 5.74) is 0.718. The summed E-state index contributed by atoms with van der Waals surface area (Å²) in [6.45, 7) is 0. The van der Waals surface area contributed by atoms with E-state index in [4.69, 9.17) is 0 Å². The van der Waals surface area contributed by atoms with Gasteiger partial charge in [-0.1, -0.05) is 26.8 Å². The van der Waals surface area contributed by atoms with Crippen LogP contribution in [0.15, 0.2) is 34.1 Å². The normalized spacial score (nSPS) is 20.6. The first-order valence-electron chi connectivity index (χ1n) is 3.67. The Morgan fingerprint density at radius 1 is 1.08 bits per heavy atom. The van der Waals surface area contributed by atoms with Crippen molar-refractivity contribution in [1.29, 1.82) is 0 Å². The van der Waals surface area contributed by atoms with Crippen LogP contribution in [0.4, 0.5) is 0 Å². The van der Waals surface area contributed by atoms with Crippen molar-refractivity contribution in [3.05, 3.63) is 34.1 Å².